The number of rotatable bonds is 1. The second kappa shape index (κ2) is 4.78. The lowest BCUT2D eigenvalue weighted by molar-refractivity contribution is 0.476. The van der Waals surface area contributed by atoms with Crippen molar-refractivity contribution in [3.05, 3.63) is 72.8 Å². The molecule has 2 nitrogen and oxygen atoms in total. The minimum Gasteiger partial charge on any atom is -0.508 e. The molecule has 0 aliphatic heterocycles. The topological polar surface area (TPSA) is 40.5 Å². The standard InChI is InChI=1S/C20H14O2/c21-14-11-13-5-1-2-6-15(13)19(12-14)17-9-10-20(22)18-8-4-3-7-16(17)18/h1-12,21-22H. The normalized spacial score (nSPS) is 11.1. The van der Waals surface area contributed by atoms with Crippen molar-refractivity contribution >= 4 is 21.5 Å². The molecule has 0 unspecified atom stereocenters. The quantitative estimate of drug-likeness (QED) is 0.513. The zero-order valence-electron chi connectivity index (χ0n) is 11.8. The van der Waals surface area contributed by atoms with Gasteiger partial charge in [-0.25, -0.2) is 0 Å². The molecule has 0 saturated carbocycles. The summed E-state index contributed by atoms with van der Waals surface area (Å²) in [4.78, 5) is 0. The molecule has 0 spiro atoms. The summed E-state index contributed by atoms with van der Waals surface area (Å²) in [6, 6.07) is 22.9. The molecule has 22 heavy (non-hydrogen) atoms. The Labute approximate surface area is 127 Å². The van der Waals surface area contributed by atoms with E-state index in [9.17, 15) is 10.2 Å². The van der Waals surface area contributed by atoms with Crippen LogP contribution in [0.15, 0.2) is 72.8 Å². The minimum absolute atomic E-state index is 0.242. The summed E-state index contributed by atoms with van der Waals surface area (Å²) in [5.41, 5.74) is 1.97. The molecule has 0 aromatic heterocycles. The average Bonchev–Trinajstić information content (AvgIpc) is 2.55. The Morgan fingerprint density at radius 3 is 2.05 bits per heavy atom. The highest BCUT2D eigenvalue weighted by molar-refractivity contribution is 6.07. The summed E-state index contributed by atoms with van der Waals surface area (Å²) >= 11 is 0. The summed E-state index contributed by atoms with van der Waals surface area (Å²) in [7, 11) is 0. The van der Waals surface area contributed by atoms with Gasteiger partial charge in [-0.05, 0) is 45.5 Å². The maximum absolute atomic E-state index is 10.1. The van der Waals surface area contributed by atoms with Gasteiger partial charge in [0.25, 0.3) is 0 Å². The summed E-state index contributed by atoms with van der Waals surface area (Å²) in [6.07, 6.45) is 0. The molecule has 0 amide bonds. The molecule has 4 rings (SSSR count). The van der Waals surface area contributed by atoms with Crippen LogP contribution >= 0.6 is 0 Å². The smallest absolute Gasteiger partial charge is 0.123 e. The van der Waals surface area contributed by atoms with Crippen molar-refractivity contribution < 1.29 is 10.2 Å². The van der Waals surface area contributed by atoms with E-state index >= 15 is 0 Å². The highest BCUT2D eigenvalue weighted by atomic mass is 16.3. The molecular weight excluding hydrogens is 272 g/mol. The van der Waals surface area contributed by atoms with Gasteiger partial charge in [0, 0.05) is 5.39 Å². The second-order valence-corrected chi connectivity index (χ2v) is 5.39. The first-order valence-corrected chi connectivity index (χ1v) is 7.17. The molecule has 0 aliphatic rings. The average molecular weight is 286 g/mol. The first kappa shape index (κ1) is 12.7. The predicted molar refractivity (Wildman–Crippen MR) is 90.2 cm³/mol. The third-order valence-electron chi connectivity index (χ3n) is 4.04. The molecule has 106 valence electrons. The van der Waals surface area contributed by atoms with Gasteiger partial charge in [-0.2, -0.15) is 0 Å². The molecular formula is C20H14O2. The van der Waals surface area contributed by atoms with Crippen molar-refractivity contribution in [1.82, 2.24) is 0 Å². The Hall–Kier alpha value is -3.00. The predicted octanol–water partition coefficient (Wildman–Crippen LogP) is 5.07. The van der Waals surface area contributed by atoms with E-state index in [1.807, 2.05) is 54.6 Å². The van der Waals surface area contributed by atoms with Crippen LogP contribution in [0.3, 0.4) is 0 Å². The lowest BCUT2D eigenvalue weighted by atomic mass is 9.93. The van der Waals surface area contributed by atoms with Crippen LogP contribution < -0.4 is 0 Å². The van der Waals surface area contributed by atoms with E-state index < -0.39 is 0 Å². The van der Waals surface area contributed by atoms with Crippen molar-refractivity contribution in [1.29, 1.82) is 0 Å². The Kier molecular flexibility index (Phi) is 2.76. The van der Waals surface area contributed by atoms with Crippen LogP contribution in [0, 0.1) is 0 Å². The Morgan fingerprint density at radius 2 is 1.23 bits per heavy atom. The van der Waals surface area contributed by atoms with Gasteiger partial charge >= 0.3 is 0 Å². The fraction of sp³-hybridized carbons (Fsp3) is 0. The third-order valence-corrected chi connectivity index (χ3v) is 4.04. The number of phenols is 2. The molecule has 0 atom stereocenters. The monoisotopic (exact) mass is 286 g/mol. The number of hydrogen-bond acceptors (Lipinski definition) is 2. The number of aromatic hydroxyl groups is 2. The Balaban J connectivity index is 2.15. The lowest BCUT2D eigenvalue weighted by Crippen LogP contribution is -1.85. The second-order valence-electron chi connectivity index (χ2n) is 5.39. The van der Waals surface area contributed by atoms with Crippen LogP contribution in [-0.2, 0) is 0 Å². The van der Waals surface area contributed by atoms with Crippen molar-refractivity contribution in [3.63, 3.8) is 0 Å². The highest BCUT2D eigenvalue weighted by Crippen LogP contribution is 2.38. The molecule has 0 fully saturated rings. The summed E-state index contributed by atoms with van der Waals surface area (Å²) < 4.78 is 0. The van der Waals surface area contributed by atoms with Crippen LogP contribution in [0.4, 0.5) is 0 Å². The number of benzene rings is 4. The lowest BCUT2D eigenvalue weighted by Gasteiger charge is -2.12. The van der Waals surface area contributed by atoms with Crippen LogP contribution in [0.2, 0.25) is 0 Å². The largest absolute Gasteiger partial charge is 0.508 e. The van der Waals surface area contributed by atoms with Crippen LogP contribution in [0.5, 0.6) is 11.5 Å². The Morgan fingerprint density at radius 1 is 0.545 bits per heavy atom. The fourth-order valence-electron chi connectivity index (χ4n) is 3.04. The zero-order chi connectivity index (χ0) is 15.1. The molecule has 0 saturated heterocycles. The fourth-order valence-corrected chi connectivity index (χ4v) is 3.04. The van der Waals surface area contributed by atoms with E-state index in [1.165, 1.54) is 0 Å². The van der Waals surface area contributed by atoms with Crippen molar-refractivity contribution in [2.24, 2.45) is 0 Å². The van der Waals surface area contributed by atoms with Gasteiger partial charge in [0.05, 0.1) is 0 Å². The third kappa shape index (κ3) is 1.89. The van der Waals surface area contributed by atoms with Crippen LogP contribution in [0.1, 0.15) is 0 Å². The van der Waals surface area contributed by atoms with E-state index in [2.05, 4.69) is 0 Å². The van der Waals surface area contributed by atoms with Gasteiger partial charge in [0.15, 0.2) is 0 Å². The van der Waals surface area contributed by atoms with E-state index in [-0.39, 0.29) is 11.5 Å². The maximum Gasteiger partial charge on any atom is 0.123 e. The first-order chi connectivity index (χ1) is 10.7. The molecule has 0 heterocycles. The Bertz CT molecular complexity index is 1000. The van der Waals surface area contributed by atoms with Gasteiger partial charge in [0.2, 0.25) is 0 Å². The molecule has 2 heteroatoms. The van der Waals surface area contributed by atoms with Gasteiger partial charge in [-0.15, -0.1) is 0 Å². The molecule has 0 bridgehead atoms. The first-order valence-electron chi connectivity index (χ1n) is 7.17. The molecule has 4 aromatic rings. The van der Waals surface area contributed by atoms with E-state index in [1.54, 1.807) is 18.2 Å². The summed E-state index contributed by atoms with van der Waals surface area (Å²) in [5, 5.41) is 24.0. The summed E-state index contributed by atoms with van der Waals surface area (Å²) in [6.45, 7) is 0. The van der Waals surface area contributed by atoms with E-state index in [4.69, 9.17) is 0 Å². The van der Waals surface area contributed by atoms with Crippen molar-refractivity contribution in [2.75, 3.05) is 0 Å². The van der Waals surface area contributed by atoms with Gasteiger partial charge < -0.3 is 10.2 Å². The summed E-state index contributed by atoms with van der Waals surface area (Å²) in [5.74, 6) is 0.509. The number of fused-ring (bicyclic) bond motifs is 2. The highest BCUT2D eigenvalue weighted by Gasteiger charge is 2.11. The molecule has 4 aromatic carbocycles. The minimum atomic E-state index is 0.242. The molecule has 2 N–H and O–H groups in total. The molecule has 0 aliphatic carbocycles. The maximum atomic E-state index is 10.1. The van der Waals surface area contributed by atoms with Crippen molar-refractivity contribution in [3.8, 4) is 22.6 Å². The number of hydrogen-bond donors (Lipinski definition) is 2. The zero-order valence-corrected chi connectivity index (χ0v) is 11.8. The van der Waals surface area contributed by atoms with E-state index in [0.717, 1.165) is 32.7 Å². The number of phenolic OH excluding ortho intramolecular Hbond substituents is 2. The molecule has 0 radical (unpaired) electrons. The van der Waals surface area contributed by atoms with Crippen molar-refractivity contribution in [2.45, 2.75) is 0 Å². The van der Waals surface area contributed by atoms with Gasteiger partial charge in [0.1, 0.15) is 11.5 Å². The van der Waals surface area contributed by atoms with Gasteiger partial charge in [-0.3, -0.25) is 0 Å². The van der Waals surface area contributed by atoms with Gasteiger partial charge in [-0.1, -0.05) is 54.6 Å². The van der Waals surface area contributed by atoms with E-state index in [0.29, 0.717) is 0 Å². The van der Waals surface area contributed by atoms with Crippen LogP contribution in [-0.4, -0.2) is 10.2 Å². The van der Waals surface area contributed by atoms with Crippen LogP contribution in [0.25, 0.3) is 32.7 Å². The SMILES string of the molecule is Oc1cc(-c2ccc(O)c3ccccc23)c2ccccc2c1.